The van der Waals surface area contributed by atoms with Crippen LogP contribution in [0.4, 0.5) is 0 Å². The van der Waals surface area contributed by atoms with Gasteiger partial charge in [0.15, 0.2) is 0 Å². The Kier molecular flexibility index (Phi) is 4.84. The van der Waals surface area contributed by atoms with Crippen LogP contribution in [0, 0.1) is 0 Å². The zero-order valence-corrected chi connectivity index (χ0v) is 17.5. The van der Waals surface area contributed by atoms with E-state index in [1.165, 1.54) is 34.9 Å². The quantitative estimate of drug-likeness (QED) is 0.716. The highest BCUT2D eigenvalue weighted by Crippen LogP contribution is 2.37. The van der Waals surface area contributed by atoms with Gasteiger partial charge in [-0.25, -0.2) is 0 Å². The van der Waals surface area contributed by atoms with Crippen LogP contribution >= 0.6 is 0 Å². The van der Waals surface area contributed by atoms with E-state index in [9.17, 15) is 0 Å². The van der Waals surface area contributed by atoms with Crippen molar-refractivity contribution in [2.45, 2.75) is 50.4 Å². The molecule has 1 aliphatic carbocycles. The molecule has 0 saturated heterocycles. The van der Waals surface area contributed by atoms with Crippen molar-refractivity contribution in [3.63, 3.8) is 0 Å². The number of fused-ring (bicyclic) bond motifs is 2. The average molecular weight is 390 g/mol. The molecule has 3 aromatic rings. The maximum absolute atomic E-state index is 6.61. The van der Waals surface area contributed by atoms with Crippen molar-refractivity contribution < 1.29 is 4.74 Å². The highest BCUT2D eigenvalue weighted by molar-refractivity contribution is 5.83. The SMILES string of the molecule is CN(Cc1cn(C)c2ccccc12)C1CCC2(CC1)CNCc1ccccc1O2. The van der Waals surface area contributed by atoms with Gasteiger partial charge >= 0.3 is 0 Å². The van der Waals surface area contributed by atoms with Crippen molar-refractivity contribution in [3.05, 3.63) is 65.9 Å². The molecule has 1 N–H and O–H groups in total. The van der Waals surface area contributed by atoms with Gasteiger partial charge < -0.3 is 14.6 Å². The smallest absolute Gasteiger partial charge is 0.124 e. The predicted octanol–water partition coefficient (Wildman–Crippen LogP) is 4.47. The van der Waals surface area contributed by atoms with E-state index in [1.54, 1.807) is 0 Å². The number of para-hydroxylation sites is 2. The molecule has 4 heteroatoms. The number of nitrogens with zero attached hydrogens (tertiary/aromatic N) is 2. The lowest BCUT2D eigenvalue weighted by molar-refractivity contribution is 0.00878. The van der Waals surface area contributed by atoms with Crippen LogP contribution in [0.2, 0.25) is 0 Å². The maximum atomic E-state index is 6.61. The molecule has 2 heterocycles. The minimum Gasteiger partial charge on any atom is -0.486 e. The van der Waals surface area contributed by atoms with Crippen LogP contribution in [0.15, 0.2) is 54.7 Å². The first-order chi connectivity index (χ1) is 14.1. The zero-order chi connectivity index (χ0) is 19.8. The summed E-state index contributed by atoms with van der Waals surface area (Å²) in [7, 11) is 4.43. The minimum absolute atomic E-state index is 0.0522. The van der Waals surface area contributed by atoms with Crippen molar-refractivity contribution >= 4 is 10.9 Å². The van der Waals surface area contributed by atoms with E-state index >= 15 is 0 Å². The standard InChI is InChI=1S/C25H31N3O/c1-27(16-20-17-28(2)23-9-5-4-8-22(20)23)21-11-13-25(14-12-21)18-26-15-19-7-3-6-10-24(19)29-25/h3-10,17,21,26H,11-16,18H2,1-2H3. The van der Waals surface area contributed by atoms with Crippen LogP contribution in [-0.2, 0) is 20.1 Å². The van der Waals surface area contributed by atoms with E-state index < -0.39 is 0 Å². The molecular formula is C25H31N3O. The second kappa shape index (κ2) is 7.51. The van der Waals surface area contributed by atoms with E-state index in [4.69, 9.17) is 4.74 Å². The molecule has 2 aliphatic rings. The van der Waals surface area contributed by atoms with Gasteiger partial charge in [0.05, 0.1) is 0 Å². The number of hydrogen-bond donors (Lipinski definition) is 1. The molecular weight excluding hydrogens is 358 g/mol. The highest BCUT2D eigenvalue weighted by atomic mass is 16.5. The zero-order valence-electron chi connectivity index (χ0n) is 17.5. The summed E-state index contributed by atoms with van der Waals surface area (Å²) >= 11 is 0. The number of hydrogen-bond acceptors (Lipinski definition) is 3. The number of benzene rings is 2. The first-order valence-electron chi connectivity index (χ1n) is 10.8. The fraction of sp³-hybridized carbons (Fsp3) is 0.440. The second-order valence-corrected chi connectivity index (χ2v) is 8.93. The van der Waals surface area contributed by atoms with Gasteiger partial charge in [-0.3, -0.25) is 4.90 Å². The van der Waals surface area contributed by atoms with Crippen molar-refractivity contribution in [3.8, 4) is 5.75 Å². The molecule has 1 fully saturated rings. The number of aryl methyl sites for hydroxylation is 1. The van der Waals surface area contributed by atoms with Crippen molar-refractivity contribution in [1.82, 2.24) is 14.8 Å². The monoisotopic (exact) mass is 389 g/mol. The summed E-state index contributed by atoms with van der Waals surface area (Å²) in [6, 6.07) is 17.8. The Bertz CT molecular complexity index is 1000. The molecule has 0 amide bonds. The largest absolute Gasteiger partial charge is 0.486 e. The third kappa shape index (κ3) is 3.56. The molecule has 0 radical (unpaired) electrons. The Morgan fingerprint density at radius 1 is 1.10 bits per heavy atom. The topological polar surface area (TPSA) is 29.4 Å². The Morgan fingerprint density at radius 2 is 1.86 bits per heavy atom. The van der Waals surface area contributed by atoms with Crippen LogP contribution in [0.25, 0.3) is 10.9 Å². The van der Waals surface area contributed by atoms with Gasteiger partial charge in [-0.15, -0.1) is 0 Å². The first kappa shape index (κ1) is 18.7. The van der Waals surface area contributed by atoms with Gasteiger partial charge in [-0.05, 0) is 50.4 Å². The molecule has 0 atom stereocenters. The van der Waals surface area contributed by atoms with E-state index in [0.29, 0.717) is 6.04 Å². The minimum atomic E-state index is -0.0522. The van der Waals surface area contributed by atoms with Gasteiger partial charge in [-0.1, -0.05) is 36.4 Å². The van der Waals surface area contributed by atoms with Gasteiger partial charge in [-0.2, -0.15) is 0 Å². The van der Waals surface area contributed by atoms with E-state index in [2.05, 4.69) is 83.6 Å². The molecule has 4 nitrogen and oxygen atoms in total. The van der Waals surface area contributed by atoms with Crippen molar-refractivity contribution in [2.24, 2.45) is 7.05 Å². The maximum Gasteiger partial charge on any atom is 0.124 e. The Labute approximate surface area is 173 Å². The molecule has 1 spiro atoms. The lowest BCUT2D eigenvalue weighted by atomic mass is 9.81. The van der Waals surface area contributed by atoms with Crippen LogP contribution in [0.3, 0.4) is 0 Å². The van der Waals surface area contributed by atoms with Crippen LogP contribution in [0.5, 0.6) is 5.75 Å². The summed E-state index contributed by atoms with van der Waals surface area (Å²) in [6.45, 7) is 2.85. The van der Waals surface area contributed by atoms with Crippen LogP contribution in [-0.4, -0.2) is 34.7 Å². The summed E-state index contributed by atoms with van der Waals surface area (Å²) in [5.41, 5.74) is 3.96. The number of nitrogens with one attached hydrogen (secondary N) is 1. The van der Waals surface area contributed by atoms with Gasteiger partial charge in [0.25, 0.3) is 0 Å². The fourth-order valence-electron chi connectivity index (χ4n) is 5.24. The lowest BCUT2D eigenvalue weighted by Gasteiger charge is -2.42. The summed E-state index contributed by atoms with van der Waals surface area (Å²) < 4.78 is 8.86. The van der Waals surface area contributed by atoms with E-state index in [1.807, 2.05) is 0 Å². The molecule has 0 unspecified atom stereocenters. The lowest BCUT2D eigenvalue weighted by Crippen LogP contribution is -2.50. The molecule has 0 bridgehead atoms. The summed E-state index contributed by atoms with van der Waals surface area (Å²) in [4.78, 5) is 2.55. The molecule has 2 aromatic carbocycles. The van der Waals surface area contributed by atoms with Gasteiger partial charge in [0, 0.05) is 55.4 Å². The molecule has 29 heavy (non-hydrogen) atoms. The second-order valence-electron chi connectivity index (χ2n) is 8.93. The fourth-order valence-corrected chi connectivity index (χ4v) is 5.24. The third-order valence-electron chi connectivity index (χ3n) is 6.95. The molecule has 1 saturated carbocycles. The van der Waals surface area contributed by atoms with E-state index in [-0.39, 0.29) is 5.60 Å². The molecule has 1 aliphatic heterocycles. The van der Waals surface area contributed by atoms with Crippen LogP contribution in [0.1, 0.15) is 36.8 Å². The third-order valence-corrected chi connectivity index (χ3v) is 6.95. The molecule has 1 aromatic heterocycles. The number of rotatable bonds is 3. The van der Waals surface area contributed by atoms with Crippen molar-refractivity contribution in [2.75, 3.05) is 13.6 Å². The number of ether oxygens (including phenoxy) is 1. The Morgan fingerprint density at radius 3 is 2.72 bits per heavy atom. The summed E-state index contributed by atoms with van der Waals surface area (Å²) in [5, 5.41) is 5.01. The van der Waals surface area contributed by atoms with Gasteiger partial charge in [0.2, 0.25) is 0 Å². The van der Waals surface area contributed by atoms with Gasteiger partial charge in [0.1, 0.15) is 11.4 Å². The van der Waals surface area contributed by atoms with Crippen molar-refractivity contribution in [1.29, 1.82) is 0 Å². The summed E-state index contributed by atoms with van der Waals surface area (Å²) in [5.74, 6) is 1.07. The average Bonchev–Trinajstić information content (AvgIpc) is 2.94. The predicted molar refractivity (Wildman–Crippen MR) is 118 cm³/mol. The normalized spacial score (nSPS) is 24.4. The number of aromatic nitrogens is 1. The molecule has 5 rings (SSSR count). The van der Waals surface area contributed by atoms with Crippen LogP contribution < -0.4 is 10.1 Å². The highest BCUT2D eigenvalue weighted by Gasteiger charge is 2.39. The summed E-state index contributed by atoms with van der Waals surface area (Å²) in [6.07, 6.45) is 6.88. The van der Waals surface area contributed by atoms with E-state index in [0.717, 1.165) is 38.2 Å². The Hall–Kier alpha value is -2.30. The first-order valence-corrected chi connectivity index (χ1v) is 10.8. The Balaban J connectivity index is 1.27. The molecule has 152 valence electrons.